The van der Waals surface area contributed by atoms with Crippen LogP contribution in [-0.2, 0) is 23.5 Å². The summed E-state index contributed by atoms with van der Waals surface area (Å²) in [6.07, 6.45) is 0. The Morgan fingerprint density at radius 3 is 2.35 bits per heavy atom. The summed E-state index contributed by atoms with van der Waals surface area (Å²) in [6, 6.07) is 7.15. The van der Waals surface area contributed by atoms with Crippen LogP contribution in [0, 0.1) is 0 Å². The van der Waals surface area contributed by atoms with Gasteiger partial charge < -0.3 is 10.2 Å². The van der Waals surface area contributed by atoms with Gasteiger partial charge in [0.15, 0.2) is 5.75 Å². The number of phenols is 2. The molecule has 0 saturated carbocycles. The van der Waals surface area contributed by atoms with Crippen LogP contribution in [0.2, 0.25) is 0 Å². The molecule has 4 N–H and O–H groups in total. The first-order valence-electron chi connectivity index (χ1n) is 4.54. The molecule has 0 aliphatic rings. The van der Waals surface area contributed by atoms with E-state index in [4.69, 9.17) is 0 Å². The summed E-state index contributed by atoms with van der Waals surface area (Å²) in [5.41, 5.74) is 0. The smallest absolute Gasteiger partial charge is 0.451 e. The Hall–Kier alpha value is -1.67. The minimum Gasteiger partial charge on any atom is -0.507 e. The van der Waals surface area contributed by atoms with Gasteiger partial charge >= 0.3 is 10.5 Å². The Morgan fingerprint density at radius 1 is 1.18 bits per heavy atom. The van der Waals surface area contributed by atoms with Crippen LogP contribution >= 0.6 is 0 Å². The minimum absolute atomic E-state index is 0.197. The predicted octanol–water partition coefficient (Wildman–Crippen LogP) is 1.26. The molecule has 0 saturated heterocycles. The molecule has 89 valence electrons. The van der Waals surface area contributed by atoms with Gasteiger partial charge in [-0.3, -0.25) is 0 Å². The van der Waals surface area contributed by atoms with Crippen molar-refractivity contribution in [3.8, 4) is 11.5 Å². The number of benzene rings is 2. The van der Waals surface area contributed by atoms with Crippen molar-refractivity contribution >= 4 is 21.3 Å². The van der Waals surface area contributed by atoms with Gasteiger partial charge in [0, 0.05) is 16.8 Å². The monoisotopic (exact) mass is 255 g/mol. The number of hydrogen-bond donors (Lipinski definition) is 3. The third kappa shape index (κ3) is 1.85. The maximum absolute atomic E-state index is 11.4. The summed E-state index contributed by atoms with van der Waals surface area (Å²) in [5.74, 6) is 3.83. The fourth-order valence-electron chi connectivity index (χ4n) is 1.56. The second-order valence-electron chi connectivity index (χ2n) is 3.34. The van der Waals surface area contributed by atoms with E-state index < -0.39 is 21.1 Å². The zero-order valence-electron chi connectivity index (χ0n) is 8.49. The fraction of sp³-hybridized carbons (Fsp3) is 0. The van der Waals surface area contributed by atoms with Crippen molar-refractivity contribution in [2.45, 2.75) is 4.90 Å². The van der Waals surface area contributed by atoms with Crippen LogP contribution in [0.1, 0.15) is 0 Å². The average Bonchev–Trinajstić information content (AvgIpc) is 2.33. The van der Waals surface area contributed by atoms with Gasteiger partial charge in [-0.15, -0.1) is 0 Å². The van der Waals surface area contributed by atoms with E-state index >= 15 is 0 Å². The first-order valence-corrected chi connectivity index (χ1v) is 5.95. The zero-order chi connectivity index (χ0) is 12.6. The molecule has 1 unspecified atom stereocenters. The van der Waals surface area contributed by atoms with Crippen molar-refractivity contribution in [1.82, 2.24) is 0 Å². The van der Waals surface area contributed by atoms with Crippen LogP contribution < -0.4 is 5.90 Å². The second kappa shape index (κ2) is 3.97. The van der Waals surface area contributed by atoms with Crippen LogP contribution in [0.15, 0.2) is 35.2 Å². The molecule has 0 amide bonds. The number of nitrogens with two attached hydrogens (primary N) is 1. The van der Waals surface area contributed by atoms with Gasteiger partial charge in [-0.05, 0) is 8.49 Å². The molecule has 0 fully saturated rings. The predicted molar refractivity (Wildman–Crippen MR) is 59.6 cm³/mol. The maximum atomic E-state index is 11.4. The van der Waals surface area contributed by atoms with E-state index in [1.54, 1.807) is 18.2 Å². The topological polar surface area (TPSA) is 113 Å². The molecule has 0 aromatic heterocycles. The summed E-state index contributed by atoms with van der Waals surface area (Å²) in [5, 5.41) is 20.0. The molecular weight excluding hydrogens is 246 g/mol. The Bertz CT molecular complexity index is 627. The fourth-order valence-corrected chi connectivity index (χ4v) is 2.26. The summed E-state index contributed by atoms with van der Waals surface area (Å²) in [6.45, 7) is 0. The van der Waals surface area contributed by atoms with Crippen molar-refractivity contribution < 1.29 is 23.3 Å². The molecule has 0 aliphatic carbocycles. The largest absolute Gasteiger partial charge is 0.507 e. The molecule has 0 heterocycles. The first-order chi connectivity index (χ1) is 7.97. The van der Waals surface area contributed by atoms with Crippen LogP contribution in [0.4, 0.5) is 0 Å². The van der Waals surface area contributed by atoms with E-state index in [1.165, 1.54) is 6.07 Å². The Labute approximate surface area is 97.7 Å². The van der Waals surface area contributed by atoms with Crippen LogP contribution in [-0.4, -0.2) is 10.2 Å². The lowest BCUT2D eigenvalue weighted by Gasteiger charge is -2.05. The van der Waals surface area contributed by atoms with Gasteiger partial charge in [0.05, 0.1) is 4.55 Å². The minimum atomic E-state index is -4.28. The summed E-state index contributed by atoms with van der Waals surface area (Å²) >= 11 is 0. The third-order valence-electron chi connectivity index (χ3n) is 2.36. The lowest BCUT2D eigenvalue weighted by molar-refractivity contribution is 0.259. The maximum Gasteiger partial charge on any atom is 0.451 e. The molecule has 0 bridgehead atoms. The van der Waals surface area contributed by atoms with Gasteiger partial charge in [0.2, 0.25) is 0 Å². The SMILES string of the molecule is NO[S+]([O])(=O)c1cc(O)c2ccccc2c1O. The first kappa shape index (κ1) is 11.8. The van der Waals surface area contributed by atoms with E-state index in [0.29, 0.717) is 5.39 Å². The number of hydrogen-bond acceptors (Lipinski definition) is 5. The number of rotatable bonds is 2. The number of fused-ring (bicyclic) bond motifs is 1. The standard InChI is InChI=1S/C10H9NO5S/c11-16-17(14,15)9-5-8(12)6-3-1-2-4-7(6)10(9)13/h1-5,12-13H,11H2/q+1. The van der Waals surface area contributed by atoms with Crippen LogP contribution in [0.25, 0.3) is 10.8 Å². The zero-order valence-corrected chi connectivity index (χ0v) is 9.31. The third-order valence-corrected chi connectivity index (χ3v) is 3.46. The van der Waals surface area contributed by atoms with E-state index in [-0.39, 0.29) is 11.1 Å². The van der Waals surface area contributed by atoms with Gasteiger partial charge in [-0.2, -0.15) is 5.90 Å². The molecule has 2 aromatic rings. The van der Waals surface area contributed by atoms with E-state index in [1.807, 2.05) is 0 Å². The van der Waals surface area contributed by atoms with Gasteiger partial charge in [-0.25, -0.2) is 0 Å². The summed E-state index contributed by atoms with van der Waals surface area (Å²) < 4.78 is 26.6. The van der Waals surface area contributed by atoms with E-state index in [9.17, 15) is 19.0 Å². The molecule has 2 aromatic carbocycles. The quantitative estimate of drug-likeness (QED) is 0.425. The highest BCUT2D eigenvalue weighted by Gasteiger charge is 2.39. The van der Waals surface area contributed by atoms with Crippen molar-refractivity contribution in [3.63, 3.8) is 0 Å². The number of aromatic hydroxyl groups is 2. The molecule has 17 heavy (non-hydrogen) atoms. The average molecular weight is 255 g/mol. The lowest BCUT2D eigenvalue weighted by Crippen LogP contribution is -2.17. The molecule has 1 atom stereocenters. The molecule has 2 rings (SSSR count). The van der Waals surface area contributed by atoms with Crippen molar-refractivity contribution in [1.29, 1.82) is 0 Å². The molecule has 7 heteroatoms. The molecular formula is C10H9NO5S+. The normalized spacial score (nSPS) is 14.7. The van der Waals surface area contributed by atoms with Crippen LogP contribution in [0.5, 0.6) is 11.5 Å². The molecule has 1 radical (unpaired) electrons. The highest BCUT2D eigenvalue weighted by molar-refractivity contribution is 7.93. The molecule has 6 nitrogen and oxygen atoms in total. The van der Waals surface area contributed by atoms with Crippen LogP contribution in [0.3, 0.4) is 0 Å². The van der Waals surface area contributed by atoms with Crippen molar-refractivity contribution in [2.75, 3.05) is 0 Å². The van der Waals surface area contributed by atoms with Crippen molar-refractivity contribution in [2.24, 2.45) is 5.90 Å². The van der Waals surface area contributed by atoms with Gasteiger partial charge in [-0.1, -0.05) is 24.3 Å². The Morgan fingerprint density at radius 2 is 1.76 bits per heavy atom. The molecule has 0 spiro atoms. The number of phenolic OH excluding ortho intramolecular Hbond substituents is 2. The van der Waals surface area contributed by atoms with Gasteiger partial charge in [0.1, 0.15) is 5.75 Å². The van der Waals surface area contributed by atoms with E-state index in [2.05, 4.69) is 10.2 Å². The highest BCUT2D eigenvalue weighted by atomic mass is 32.3. The Kier molecular flexibility index (Phi) is 2.76. The summed E-state index contributed by atoms with van der Waals surface area (Å²) in [4.78, 5) is -0.573. The summed E-state index contributed by atoms with van der Waals surface area (Å²) in [7, 11) is -4.28. The second-order valence-corrected chi connectivity index (χ2v) is 4.88. The van der Waals surface area contributed by atoms with Crippen molar-refractivity contribution in [3.05, 3.63) is 30.3 Å². The Balaban J connectivity index is 2.85. The molecule has 0 aliphatic heterocycles. The highest BCUT2D eigenvalue weighted by Crippen LogP contribution is 2.39. The van der Waals surface area contributed by atoms with E-state index in [0.717, 1.165) is 6.07 Å². The lowest BCUT2D eigenvalue weighted by atomic mass is 10.1. The van der Waals surface area contributed by atoms with Gasteiger partial charge in [0.25, 0.3) is 4.90 Å².